The summed E-state index contributed by atoms with van der Waals surface area (Å²) in [6.07, 6.45) is 7.03. The predicted molar refractivity (Wildman–Crippen MR) is 106 cm³/mol. The van der Waals surface area contributed by atoms with Gasteiger partial charge in [-0.25, -0.2) is 9.37 Å². The van der Waals surface area contributed by atoms with E-state index in [9.17, 15) is 9.50 Å². The number of nitrogens with zero attached hydrogens (tertiary/aromatic N) is 5. The molecular weight excluding hydrogens is 357 g/mol. The molecule has 0 aliphatic carbocycles. The topological polar surface area (TPSA) is 59.1 Å². The summed E-state index contributed by atoms with van der Waals surface area (Å²) in [7, 11) is 2.08. The van der Waals surface area contributed by atoms with E-state index in [1.165, 1.54) is 12.1 Å². The molecule has 4 rings (SSSR count). The molecule has 1 fully saturated rings. The zero-order valence-electron chi connectivity index (χ0n) is 16.3. The van der Waals surface area contributed by atoms with Crippen molar-refractivity contribution in [2.75, 3.05) is 20.1 Å². The summed E-state index contributed by atoms with van der Waals surface area (Å²) >= 11 is 0. The minimum absolute atomic E-state index is 0.274. The first-order valence-electron chi connectivity index (χ1n) is 9.72. The maximum Gasteiger partial charge on any atom is 0.123 e. The molecule has 6 nitrogen and oxygen atoms in total. The fraction of sp³-hybridized carbons (Fsp3) is 0.429. The summed E-state index contributed by atoms with van der Waals surface area (Å²) < 4.78 is 17.3. The quantitative estimate of drug-likeness (QED) is 0.736. The van der Waals surface area contributed by atoms with Crippen LogP contribution in [0.1, 0.15) is 19.8 Å². The lowest BCUT2D eigenvalue weighted by Crippen LogP contribution is -2.45. The van der Waals surface area contributed by atoms with Crippen LogP contribution >= 0.6 is 0 Å². The average Bonchev–Trinajstić information content (AvgIpc) is 3.31. The first-order valence-corrected chi connectivity index (χ1v) is 9.72. The molecule has 148 valence electrons. The average molecular weight is 383 g/mol. The SMILES string of the molecule is CCn1cc(-c2c(-c3ccc(F)cc3)ncn2CC2(O)CCN(C)CC2)cn1. The van der Waals surface area contributed by atoms with Crippen LogP contribution in [0.2, 0.25) is 0 Å². The highest BCUT2D eigenvalue weighted by atomic mass is 19.1. The summed E-state index contributed by atoms with van der Waals surface area (Å²) in [5.74, 6) is -0.274. The lowest BCUT2D eigenvalue weighted by molar-refractivity contribution is -0.0287. The van der Waals surface area contributed by atoms with Gasteiger partial charge in [0.1, 0.15) is 5.82 Å². The maximum absolute atomic E-state index is 13.4. The molecule has 1 aliphatic heterocycles. The molecule has 3 aromatic rings. The molecule has 0 unspecified atom stereocenters. The Bertz CT molecular complexity index is 938. The standard InChI is InChI=1S/C21H26FN5O/c1-3-27-13-17(12-24-27)20-19(16-4-6-18(22)7-5-16)23-15-26(20)14-21(28)8-10-25(2)11-9-21/h4-7,12-13,15,28H,3,8-11,14H2,1-2H3. The Balaban J connectivity index is 1.75. The van der Waals surface area contributed by atoms with Crippen molar-refractivity contribution in [2.45, 2.75) is 38.5 Å². The van der Waals surface area contributed by atoms with Crippen molar-refractivity contribution in [2.24, 2.45) is 0 Å². The van der Waals surface area contributed by atoms with E-state index in [1.807, 2.05) is 28.6 Å². The minimum atomic E-state index is -0.761. The highest BCUT2D eigenvalue weighted by molar-refractivity contribution is 5.78. The van der Waals surface area contributed by atoms with Gasteiger partial charge < -0.3 is 14.6 Å². The van der Waals surface area contributed by atoms with Gasteiger partial charge in [0.05, 0.1) is 36.1 Å². The Kier molecular flexibility index (Phi) is 5.03. The highest BCUT2D eigenvalue weighted by Crippen LogP contribution is 2.33. The summed E-state index contributed by atoms with van der Waals surface area (Å²) in [6, 6.07) is 6.36. The Morgan fingerprint density at radius 2 is 1.86 bits per heavy atom. The molecule has 1 aliphatic rings. The van der Waals surface area contributed by atoms with Crippen LogP contribution in [0.4, 0.5) is 4.39 Å². The number of aryl methyl sites for hydroxylation is 1. The second kappa shape index (κ2) is 7.48. The van der Waals surface area contributed by atoms with E-state index in [4.69, 9.17) is 0 Å². The second-order valence-electron chi connectivity index (χ2n) is 7.69. The van der Waals surface area contributed by atoms with Crippen LogP contribution in [0.25, 0.3) is 22.5 Å². The number of piperidine rings is 1. The summed E-state index contributed by atoms with van der Waals surface area (Å²) in [5, 5.41) is 15.5. The van der Waals surface area contributed by atoms with Gasteiger partial charge in [0.25, 0.3) is 0 Å². The number of rotatable bonds is 5. The largest absolute Gasteiger partial charge is 0.388 e. The third-order valence-electron chi connectivity index (χ3n) is 5.57. The van der Waals surface area contributed by atoms with Crippen molar-refractivity contribution in [1.29, 1.82) is 0 Å². The number of benzene rings is 1. The van der Waals surface area contributed by atoms with Crippen LogP contribution in [0, 0.1) is 5.82 Å². The second-order valence-corrected chi connectivity index (χ2v) is 7.69. The van der Waals surface area contributed by atoms with Crippen molar-refractivity contribution in [3.05, 3.63) is 48.8 Å². The summed E-state index contributed by atoms with van der Waals surface area (Å²) in [5.41, 5.74) is 2.69. The molecule has 0 radical (unpaired) electrons. The number of likely N-dealkylation sites (tertiary alicyclic amines) is 1. The fourth-order valence-corrected chi connectivity index (χ4v) is 3.79. The molecular formula is C21H26FN5O. The van der Waals surface area contributed by atoms with Gasteiger partial charge in [-0.3, -0.25) is 4.68 Å². The van der Waals surface area contributed by atoms with E-state index >= 15 is 0 Å². The molecule has 3 heterocycles. The third-order valence-corrected chi connectivity index (χ3v) is 5.57. The van der Waals surface area contributed by atoms with E-state index in [1.54, 1.807) is 18.5 Å². The lowest BCUT2D eigenvalue weighted by Gasteiger charge is -2.37. The maximum atomic E-state index is 13.4. The van der Waals surface area contributed by atoms with Crippen molar-refractivity contribution in [3.63, 3.8) is 0 Å². The van der Waals surface area contributed by atoms with E-state index < -0.39 is 5.60 Å². The predicted octanol–water partition coefficient (Wildman–Crippen LogP) is 3.03. The molecule has 1 saturated heterocycles. The van der Waals surface area contributed by atoms with Crippen LogP contribution < -0.4 is 0 Å². The Hall–Kier alpha value is -2.51. The van der Waals surface area contributed by atoms with E-state index in [2.05, 4.69) is 22.0 Å². The smallest absolute Gasteiger partial charge is 0.123 e. The van der Waals surface area contributed by atoms with Crippen molar-refractivity contribution < 1.29 is 9.50 Å². The Labute approximate surface area is 164 Å². The first kappa shape index (κ1) is 18.8. The molecule has 2 aromatic heterocycles. The molecule has 0 amide bonds. The molecule has 0 spiro atoms. The van der Waals surface area contributed by atoms with Gasteiger partial charge in [-0.1, -0.05) is 0 Å². The van der Waals surface area contributed by atoms with Gasteiger partial charge in [0, 0.05) is 37.0 Å². The van der Waals surface area contributed by atoms with E-state index in [0.29, 0.717) is 6.54 Å². The summed E-state index contributed by atoms with van der Waals surface area (Å²) in [4.78, 5) is 6.86. The van der Waals surface area contributed by atoms with Crippen LogP contribution in [-0.4, -0.2) is 55.1 Å². The Morgan fingerprint density at radius 3 is 2.50 bits per heavy atom. The molecule has 1 aromatic carbocycles. The van der Waals surface area contributed by atoms with Crippen LogP contribution in [0.3, 0.4) is 0 Å². The van der Waals surface area contributed by atoms with Crippen molar-refractivity contribution >= 4 is 0 Å². The van der Waals surface area contributed by atoms with Crippen molar-refractivity contribution in [1.82, 2.24) is 24.2 Å². The lowest BCUT2D eigenvalue weighted by atomic mass is 9.91. The number of halogens is 1. The number of hydrogen-bond acceptors (Lipinski definition) is 4. The Morgan fingerprint density at radius 1 is 1.14 bits per heavy atom. The normalized spacial score (nSPS) is 17.1. The first-order chi connectivity index (χ1) is 13.5. The van der Waals surface area contributed by atoms with E-state index in [-0.39, 0.29) is 5.82 Å². The van der Waals surface area contributed by atoms with Crippen LogP contribution in [-0.2, 0) is 13.1 Å². The van der Waals surface area contributed by atoms with Gasteiger partial charge in [-0.05, 0) is 51.1 Å². The monoisotopic (exact) mass is 383 g/mol. The zero-order valence-corrected chi connectivity index (χ0v) is 16.3. The zero-order chi connectivity index (χ0) is 19.7. The number of imidazole rings is 1. The summed E-state index contributed by atoms with van der Waals surface area (Å²) in [6.45, 7) is 5.03. The molecule has 28 heavy (non-hydrogen) atoms. The molecule has 1 N–H and O–H groups in total. The van der Waals surface area contributed by atoms with Gasteiger partial charge in [0.2, 0.25) is 0 Å². The van der Waals surface area contributed by atoms with Gasteiger partial charge in [0.15, 0.2) is 0 Å². The molecule has 0 saturated carbocycles. The van der Waals surface area contributed by atoms with E-state index in [0.717, 1.165) is 55.0 Å². The number of hydrogen-bond donors (Lipinski definition) is 1. The van der Waals surface area contributed by atoms with Crippen LogP contribution in [0.5, 0.6) is 0 Å². The van der Waals surface area contributed by atoms with Gasteiger partial charge in [-0.15, -0.1) is 0 Å². The molecule has 7 heteroatoms. The fourth-order valence-electron chi connectivity index (χ4n) is 3.79. The number of aromatic nitrogens is 4. The molecule has 0 bridgehead atoms. The highest BCUT2D eigenvalue weighted by Gasteiger charge is 2.33. The minimum Gasteiger partial charge on any atom is -0.388 e. The van der Waals surface area contributed by atoms with Crippen molar-refractivity contribution in [3.8, 4) is 22.5 Å². The van der Waals surface area contributed by atoms with Crippen LogP contribution in [0.15, 0.2) is 43.0 Å². The van der Waals surface area contributed by atoms with Gasteiger partial charge >= 0.3 is 0 Å². The molecule has 0 atom stereocenters. The van der Waals surface area contributed by atoms with Gasteiger partial charge in [-0.2, -0.15) is 5.10 Å². The number of aliphatic hydroxyl groups is 1. The third kappa shape index (κ3) is 3.72.